The fraction of sp³-hybridized carbons (Fsp3) is 0.315. The number of benzene rings is 6. The predicted octanol–water partition coefficient (Wildman–Crippen LogP) is 16.3. The van der Waals surface area contributed by atoms with Gasteiger partial charge in [-0.3, -0.25) is 0 Å². The lowest BCUT2D eigenvalue weighted by molar-refractivity contribution is -0.137. The Labute approximate surface area is 352 Å². The van der Waals surface area contributed by atoms with Crippen molar-refractivity contribution in [2.75, 3.05) is 0 Å². The van der Waals surface area contributed by atoms with Crippen LogP contribution >= 0.6 is 0 Å². The summed E-state index contributed by atoms with van der Waals surface area (Å²) >= 11 is 0. The van der Waals surface area contributed by atoms with E-state index in [1.54, 1.807) is 6.07 Å². The maximum atomic E-state index is 14.8. The highest BCUT2D eigenvalue weighted by Gasteiger charge is 2.35. The molecule has 0 atom stereocenters. The number of hydrogen-bond acceptors (Lipinski definition) is 0. The van der Waals surface area contributed by atoms with E-state index in [2.05, 4.69) is 170 Å². The van der Waals surface area contributed by atoms with Crippen LogP contribution in [-0.4, -0.2) is 9.13 Å². The van der Waals surface area contributed by atoms with Crippen molar-refractivity contribution in [3.8, 4) is 22.5 Å². The lowest BCUT2D eigenvalue weighted by Crippen LogP contribution is -2.11. The minimum Gasteiger partial charge on any atom is -0.308 e. The molecule has 0 saturated heterocycles. The Balaban J connectivity index is 1.59. The monoisotopic (exact) mass is 801 g/mol. The molecule has 0 aliphatic rings. The Morgan fingerprint density at radius 2 is 0.750 bits per heavy atom. The third-order valence-corrected chi connectivity index (χ3v) is 12.2. The minimum atomic E-state index is -4.63. The van der Waals surface area contributed by atoms with Gasteiger partial charge in [0.25, 0.3) is 0 Å². The van der Waals surface area contributed by atoms with Crippen molar-refractivity contribution in [2.24, 2.45) is 0 Å². The molecule has 6 aromatic carbocycles. The Kier molecular flexibility index (Phi) is 9.29. The van der Waals surface area contributed by atoms with Gasteiger partial charge in [-0.2, -0.15) is 13.2 Å². The summed E-state index contributed by atoms with van der Waals surface area (Å²) in [4.78, 5) is 3.98. The van der Waals surface area contributed by atoms with Crippen LogP contribution in [0.15, 0.2) is 109 Å². The first-order valence-electron chi connectivity index (χ1n) is 20.8. The first-order valence-corrected chi connectivity index (χ1v) is 20.8. The van der Waals surface area contributed by atoms with Gasteiger partial charge in [0.2, 0.25) is 0 Å². The van der Waals surface area contributed by atoms with Crippen LogP contribution in [0.3, 0.4) is 0 Å². The Bertz CT molecular complexity index is 2920. The van der Waals surface area contributed by atoms with Crippen molar-refractivity contribution in [1.82, 2.24) is 9.13 Å². The van der Waals surface area contributed by atoms with Crippen molar-refractivity contribution in [1.29, 1.82) is 0 Å². The second-order valence-electron chi connectivity index (χ2n) is 20.6. The third-order valence-electron chi connectivity index (χ3n) is 12.2. The van der Waals surface area contributed by atoms with Gasteiger partial charge in [-0.15, -0.1) is 0 Å². The standard InChI is InChI=1S/C54H54F3N3/c1-50(2,3)32-18-22-44-38(26-32)39-27-33(51(4,5)6)19-23-45(39)59(44)48-30-37(36-16-14-15-17-42(36)54(55,56)57)43(58-13)31-49(48)60-46-24-20-34(52(7,8)9)28-40(46)41-29-35(53(10,11)12)21-25-47(41)60/h14-31H,1-12H3. The number of hydrogen-bond donors (Lipinski definition) is 0. The van der Waals surface area contributed by atoms with Gasteiger partial charge in [-0.25, -0.2) is 4.85 Å². The average molecular weight is 802 g/mol. The molecule has 8 aromatic rings. The highest BCUT2D eigenvalue weighted by molar-refractivity contribution is 6.12. The normalized spacial score (nSPS) is 13.2. The number of rotatable bonds is 3. The van der Waals surface area contributed by atoms with Gasteiger partial charge >= 0.3 is 6.18 Å². The summed E-state index contributed by atoms with van der Waals surface area (Å²) in [5, 5.41) is 4.29. The van der Waals surface area contributed by atoms with E-state index in [0.29, 0.717) is 11.4 Å². The molecule has 306 valence electrons. The van der Waals surface area contributed by atoms with Gasteiger partial charge in [0.05, 0.1) is 45.6 Å². The van der Waals surface area contributed by atoms with Gasteiger partial charge in [-0.05, 0) is 122 Å². The largest absolute Gasteiger partial charge is 0.416 e. The van der Waals surface area contributed by atoms with Crippen LogP contribution in [0, 0.1) is 6.57 Å². The zero-order valence-electron chi connectivity index (χ0n) is 36.9. The highest BCUT2D eigenvalue weighted by atomic mass is 19.4. The first-order chi connectivity index (χ1) is 27.9. The van der Waals surface area contributed by atoms with E-state index >= 15 is 0 Å². The van der Waals surface area contributed by atoms with Crippen molar-refractivity contribution < 1.29 is 13.2 Å². The second kappa shape index (κ2) is 13.6. The molecule has 0 spiro atoms. The van der Waals surface area contributed by atoms with E-state index in [4.69, 9.17) is 6.57 Å². The van der Waals surface area contributed by atoms with Gasteiger partial charge in [0, 0.05) is 21.5 Å². The maximum absolute atomic E-state index is 14.8. The van der Waals surface area contributed by atoms with E-state index in [1.165, 1.54) is 34.4 Å². The molecule has 60 heavy (non-hydrogen) atoms. The number of nitrogens with zero attached hydrogens (tertiary/aromatic N) is 3. The number of aromatic nitrogens is 2. The van der Waals surface area contributed by atoms with Crippen LogP contribution in [-0.2, 0) is 27.8 Å². The van der Waals surface area contributed by atoms with Crippen LogP contribution in [0.2, 0.25) is 0 Å². The Morgan fingerprint density at radius 1 is 0.417 bits per heavy atom. The van der Waals surface area contributed by atoms with E-state index in [0.717, 1.165) is 49.7 Å². The van der Waals surface area contributed by atoms with Crippen LogP contribution < -0.4 is 0 Å². The average Bonchev–Trinajstić information content (AvgIpc) is 3.67. The van der Waals surface area contributed by atoms with Crippen molar-refractivity contribution in [3.63, 3.8) is 0 Å². The summed E-state index contributed by atoms with van der Waals surface area (Å²) in [6, 6.07) is 35.7. The van der Waals surface area contributed by atoms with E-state index in [-0.39, 0.29) is 38.5 Å². The molecule has 0 radical (unpaired) electrons. The summed E-state index contributed by atoms with van der Waals surface area (Å²) in [6.07, 6.45) is -4.63. The van der Waals surface area contributed by atoms with Crippen LogP contribution in [0.25, 0.3) is 71.0 Å². The molecule has 0 amide bonds. The summed E-state index contributed by atoms with van der Waals surface area (Å²) in [6.45, 7) is 35.0. The van der Waals surface area contributed by atoms with Crippen molar-refractivity contribution in [3.05, 3.63) is 148 Å². The number of alkyl halides is 3. The molecule has 0 unspecified atom stereocenters. The van der Waals surface area contributed by atoms with Gasteiger partial charge in [-0.1, -0.05) is 126 Å². The van der Waals surface area contributed by atoms with Crippen LogP contribution in [0.4, 0.5) is 18.9 Å². The predicted molar refractivity (Wildman–Crippen MR) is 247 cm³/mol. The SMILES string of the molecule is [C-]#[N+]c1cc(-n2c3ccc(C(C)(C)C)cc3c3cc(C(C)(C)C)ccc32)c(-n2c3ccc(C(C)(C)C)cc3c3cc(C(C)(C)C)ccc32)cc1-c1ccccc1C(F)(F)F. The molecule has 0 N–H and O–H groups in total. The van der Waals surface area contributed by atoms with Gasteiger partial charge in [0.15, 0.2) is 5.69 Å². The molecule has 8 rings (SSSR count). The summed E-state index contributed by atoms with van der Waals surface area (Å²) in [5.74, 6) is 0. The van der Waals surface area contributed by atoms with Gasteiger partial charge in [0.1, 0.15) is 0 Å². The molecule has 0 fully saturated rings. The minimum absolute atomic E-state index is 0.0264. The number of halogens is 3. The highest BCUT2D eigenvalue weighted by Crippen LogP contribution is 2.47. The van der Waals surface area contributed by atoms with Crippen molar-refractivity contribution in [2.45, 2.75) is 111 Å². The van der Waals surface area contributed by atoms with E-state index < -0.39 is 11.7 Å². The molecule has 2 aromatic heterocycles. The zero-order chi connectivity index (χ0) is 43.5. The fourth-order valence-corrected chi connectivity index (χ4v) is 8.63. The fourth-order valence-electron chi connectivity index (χ4n) is 8.63. The van der Waals surface area contributed by atoms with E-state index in [9.17, 15) is 13.2 Å². The summed E-state index contributed by atoms with van der Waals surface area (Å²) < 4.78 is 48.9. The van der Waals surface area contributed by atoms with Gasteiger partial charge < -0.3 is 9.13 Å². The maximum Gasteiger partial charge on any atom is 0.416 e. The molecule has 0 saturated carbocycles. The smallest absolute Gasteiger partial charge is 0.308 e. The lowest BCUT2D eigenvalue weighted by Gasteiger charge is -2.22. The van der Waals surface area contributed by atoms with E-state index in [1.807, 2.05) is 12.1 Å². The third kappa shape index (κ3) is 6.86. The Morgan fingerprint density at radius 3 is 1.07 bits per heavy atom. The first kappa shape index (κ1) is 41.0. The second-order valence-corrected chi connectivity index (χ2v) is 20.6. The molecular formula is C54H54F3N3. The molecule has 6 heteroatoms. The van der Waals surface area contributed by atoms with Crippen molar-refractivity contribution >= 4 is 49.3 Å². The van der Waals surface area contributed by atoms with Crippen LogP contribution in [0.5, 0.6) is 0 Å². The molecule has 0 aliphatic heterocycles. The van der Waals surface area contributed by atoms with Crippen LogP contribution in [0.1, 0.15) is 111 Å². The Hall–Kier alpha value is -5.80. The molecular weight excluding hydrogens is 748 g/mol. The lowest BCUT2D eigenvalue weighted by atomic mass is 9.85. The number of fused-ring (bicyclic) bond motifs is 6. The molecule has 0 bridgehead atoms. The zero-order valence-corrected chi connectivity index (χ0v) is 36.9. The quantitative estimate of drug-likeness (QED) is 0.158. The molecule has 2 heterocycles. The summed E-state index contributed by atoms with van der Waals surface area (Å²) in [5.41, 5.74) is 9.03. The molecule has 0 aliphatic carbocycles. The summed E-state index contributed by atoms with van der Waals surface area (Å²) in [7, 11) is 0. The topological polar surface area (TPSA) is 14.2 Å². The molecule has 3 nitrogen and oxygen atoms in total.